The average Bonchev–Trinajstić information content (AvgIpc) is 2.70. The third kappa shape index (κ3) is 7.11. The molecule has 0 aromatic heterocycles. The minimum atomic E-state index is -1.73. The van der Waals surface area contributed by atoms with Gasteiger partial charge in [-0.3, -0.25) is 9.59 Å². The van der Waals surface area contributed by atoms with Crippen LogP contribution in [0.1, 0.15) is 0 Å². The Bertz CT molecular complexity index is 909. The lowest BCUT2D eigenvalue weighted by Crippen LogP contribution is -2.36. The van der Waals surface area contributed by atoms with Crippen LogP contribution in [0.5, 0.6) is 5.75 Å². The Kier molecular flexibility index (Phi) is 8.01. The molecule has 2 N–H and O–H groups in total. The van der Waals surface area contributed by atoms with E-state index in [1.165, 1.54) is 0 Å². The van der Waals surface area contributed by atoms with Crippen LogP contribution in [0.2, 0.25) is 0 Å². The van der Waals surface area contributed by atoms with Gasteiger partial charge in [-0.2, -0.15) is 0 Å². The molecule has 7 nitrogen and oxygen atoms in total. The second-order valence-electron chi connectivity index (χ2n) is 5.45. The molecule has 0 aliphatic rings. The first-order chi connectivity index (χ1) is 13.8. The van der Waals surface area contributed by atoms with Gasteiger partial charge in [-0.25, -0.2) is 18.0 Å². The summed E-state index contributed by atoms with van der Waals surface area (Å²) in [5.41, 5.74) is -0.584. The van der Waals surface area contributed by atoms with E-state index in [-0.39, 0.29) is 0 Å². The van der Waals surface area contributed by atoms with Gasteiger partial charge < -0.3 is 20.1 Å². The fourth-order valence-electron chi connectivity index (χ4n) is 1.91. The van der Waals surface area contributed by atoms with Crippen molar-refractivity contribution in [1.82, 2.24) is 5.32 Å². The topological polar surface area (TPSA) is 93.7 Å². The molecule has 2 aromatic rings. The molecule has 0 bridgehead atoms. The largest absolute Gasteiger partial charge is 0.482 e. The van der Waals surface area contributed by atoms with Gasteiger partial charge in [0, 0.05) is 4.47 Å². The molecule has 154 valence electrons. The van der Waals surface area contributed by atoms with E-state index in [4.69, 9.17) is 4.74 Å². The Balaban J connectivity index is 1.68. The van der Waals surface area contributed by atoms with Crippen molar-refractivity contribution >= 4 is 39.4 Å². The van der Waals surface area contributed by atoms with Gasteiger partial charge in [0.05, 0.1) is 12.2 Å². The standard InChI is InChI=1S/C18H14BrF3N2O5/c19-10-1-3-11(4-2-10)28-9-16(27)29-8-15(26)23-7-14(25)24-13-6-5-12(20)17(21)18(13)22/h1-6H,7-9H2,(H,23,26)(H,24,25). The SMILES string of the molecule is O=C(COC(=O)COc1ccc(Br)cc1)NCC(=O)Nc1ccc(F)c(F)c1F. The molecule has 0 spiro atoms. The maximum atomic E-state index is 13.5. The number of amides is 2. The normalized spacial score (nSPS) is 10.2. The molecule has 0 aliphatic carbocycles. The molecule has 0 radical (unpaired) electrons. The van der Waals surface area contributed by atoms with E-state index in [1.54, 1.807) is 24.3 Å². The van der Waals surface area contributed by atoms with Gasteiger partial charge in [0.25, 0.3) is 5.91 Å². The number of halogens is 4. The van der Waals surface area contributed by atoms with E-state index in [2.05, 4.69) is 26.0 Å². The maximum absolute atomic E-state index is 13.5. The highest BCUT2D eigenvalue weighted by molar-refractivity contribution is 9.10. The second kappa shape index (κ2) is 10.5. The summed E-state index contributed by atoms with van der Waals surface area (Å²) in [6.07, 6.45) is 0. The van der Waals surface area contributed by atoms with Gasteiger partial charge in [-0.15, -0.1) is 0 Å². The molecule has 11 heteroatoms. The summed E-state index contributed by atoms with van der Waals surface area (Å²) in [4.78, 5) is 34.8. The average molecular weight is 475 g/mol. The lowest BCUT2D eigenvalue weighted by atomic mass is 10.2. The van der Waals surface area contributed by atoms with Crippen molar-refractivity contribution in [2.45, 2.75) is 0 Å². The predicted octanol–water partition coefficient (Wildman–Crippen LogP) is 2.54. The summed E-state index contributed by atoms with van der Waals surface area (Å²) >= 11 is 3.25. The number of benzene rings is 2. The van der Waals surface area contributed by atoms with Crippen LogP contribution in [0.25, 0.3) is 0 Å². The Morgan fingerprint density at radius 2 is 1.59 bits per heavy atom. The highest BCUT2D eigenvalue weighted by Crippen LogP contribution is 2.19. The maximum Gasteiger partial charge on any atom is 0.344 e. The second-order valence-corrected chi connectivity index (χ2v) is 6.37. The number of carbonyl (C=O) groups is 3. The molecule has 2 rings (SSSR count). The fourth-order valence-corrected chi connectivity index (χ4v) is 2.17. The third-order valence-electron chi connectivity index (χ3n) is 3.29. The van der Waals surface area contributed by atoms with Gasteiger partial charge in [-0.1, -0.05) is 15.9 Å². The van der Waals surface area contributed by atoms with Crippen molar-refractivity contribution < 1.29 is 37.0 Å². The van der Waals surface area contributed by atoms with Crippen molar-refractivity contribution in [2.24, 2.45) is 0 Å². The first-order valence-corrected chi connectivity index (χ1v) is 8.79. The number of carbonyl (C=O) groups excluding carboxylic acids is 3. The quantitative estimate of drug-likeness (QED) is 0.453. The zero-order valence-corrected chi connectivity index (χ0v) is 16.2. The summed E-state index contributed by atoms with van der Waals surface area (Å²) < 4.78 is 50.1. The lowest BCUT2D eigenvalue weighted by molar-refractivity contribution is -0.150. The molecule has 29 heavy (non-hydrogen) atoms. The zero-order chi connectivity index (χ0) is 21.4. The van der Waals surface area contributed by atoms with Crippen molar-refractivity contribution in [3.8, 4) is 5.75 Å². The highest BCUT2D eigenvalue weighted by atomic mass is 79.9. The van der Waals surface area contributed by atoms with Gasteiger partial charge >= 0.3 is 5.97 Å². The van der Waals surface area contributed by atoms with Crippen molar-refractivity contribution in [3.05, 3.63) is 58.3 Å². The Morgan fingerprint density at radius 3 is 2.28 bits per heavy atom. The van der Waals surface area contributed by atoms with E-state index in [0.717, 1.165) is 10.5 Å². The Morgan fingerprint density at radius 1 is 0.897 bits per heavy atom. The van der Waals surface area contributed by atoms with E-state index in [0.29, 0.717) is 11.8 Å². The van der Waals surface area contributed by atoms with Crippen LogP contribution in [0, 0.1) is 17.5 Å². The Hall–Kier alpha value is -3.08. The molecule has 0 aliphatic heterocycles. The number of hydrogen-bond donors (Lipinski definition) is 2. The number of ether oxygens (including phenoxy) is 2. The molecule has 0 heterocycles. The van der Waals surface area contributed by atoms with Crippen LogP contribution in [0.15, 0.2) is 40.9 Å². The number of anilines is 1. The van der Waals surface area contributed by atoms with Gasteiger partial charge in [0.2, 0.25) is 5.91 Å². The number of rotatable bonds is 8. The summed E-state index contributed by atoms with van der Waals surface area (Å²) in [5.74, 6) is -6.78. The summed E-state index contributed by atoms with van der Waals surface area (Å²) in [5, 5.41) is 4.09. The monoisotopic (exact) mass is 474 g/mol. The molecular weight excluding hydrogens is 461 g/mol. The smallest absolute Gasteiger partial charge is 0.344 e. The summed E-state index contributed by atoms with van der Waals surface area (Å²) in [6, 6.07) is 8.15. The van der Waals surface area contributed by atoms with Crippen LogP contribution < -0.4 is 15.4 Å². The van der Waals surface area contributed by atoms with Crippen LogP contribution >= 0.6 is 15.9 Å². The fraction of sp³-hybridized carbons (Fsp3) is 0.167. The van der Waals surface area contributed by atoms with E-state index < -0.39 is 60.7 Å². The first-order valence-electron chi connectivity index (χ1n) is 8.00. The number of esters is 1. The van der Waals surface area contributed by atoms with Crippen LogP contribution in [0.4, 0.5) is 18.9 Å². The molecule has 0 saturated carbocycles. The first kappa shape index (κ1) is 22.2. The van der Waals surface area contributed by atoms with Crippen molar-refractivity contribution in [3.63, 3.8) is 0 Å². The molecule has 0 atom stereocenters. The van der Waals surface area contributed by atoms with Crippen LogP contribution in [0.3, 0.4) is 0 Å². The van der Waals surface area contributed by atoms with Gasteiger partial charge in [0.1, 0.15) is 5.75 Å². The van der Waals surface area contributed by atoms with Crippen LogP contribution in [-0.2, 0) is 19.1 Å². The van der Waals surface area contributed by atoms with Gasteiger partial charge in [-0.05, 0) is 36.4 Å². The highest BCUT2D eigenvalue weighted by Gasteiger charge is 2.16. The molecule has 0 fully saturated rings. The lowest BCUT2D eigenvalue weighted by Gasteiger charge is -2.09. The van der Waals surface area contributed by atoms with E-state index >= 15 is 0 Å². The summed E-state index contributed by atoms with van der Waals surface area (Å²) in [6.45, 7) is -1.70. The molecular formula is C18H14BrF3N2O5. The summed E-state index contributed by atoms with van der Waals surface area (Å²) in [7, 11) is 0. The molecule has 0 saturated heterocycles. The predicted molar refractivity (Wildman–Crippen MR) is 98.6 cm³/mol. The molecule has 0 unspecified atom stereocenters. The minimum Gasteiger partial charge on any atom is -0.482 e. The van der Waals surface area contributed by atoms with Gasteiger partial charge in [0.15, 0.2) is 30.7 Å². The zero-order valence-electron chi connectivity index (χ0n) is 14.6. The van der Waals surface area contributed by atoms with Crippen molar-refractivity contribution in [2.75, 3.05) is 25.1 Å². The molecule has 2 amide bonds. The van der Waals surface area contributed by atoms with Crippen LogP contribution in [-0.4, -0.2) is 37.5 Å². The number of hydrogen-bond acceptors (Lipinski definition) is 5. The third-order valence-corrected chi connectivity index (χ3v) is 3.82. The van der Waals surface area contributed by atoms with E-state index in [9.17, 15) is 27.6 Å². The van der Waals surface area contributed by atoms with Crippen molar-refractivity contribution in [1.29, 1.82) is 0 Å². The Labute approximate surface area is 171 Å². The molecule has 2 aromatic carbocycles. The number of nitrogens with one attached hydrogen (secondary N) is 2. The van der Waals surface area contributed by atoms with E-state index in [1.807, 2.05) is 5.32 Å². The minimum absolute atomic E-state index is 0.426.